The lowest BCUT2D eigenvalue weighted by Gasteiger charge is -2.21. The second kappa shape index (κ2) is 8.54. The standard InChI is InChI=1S/C9H6F6O3S.C7H8/c10-8(11,12)7(6-4-2-1-3-5-6)18-19(16,17)9(13,14)15;1-7-5-3-2-4-6-7/h1-5,7H;2-6H,1H3. The van der Waals surface area contributed by atoms with E-state index in [1.165, 1.54) is 11.6 Å². The van der Waals surface area contributed by atoms with Crippen molar-refractivity contribution in [3.8, 4) is 0 Å². The molecule has 0 aliphatic carbocycles. The Morgan fingerprint density at radius 1 is 0.808 bits per heavy atom. The van der Waals surface area contributed by atoms with Gasteiger partial charge in [0.1, 0.15) is 0 Å². The van der Waals surface area contributed by atoms with E-state index in [4.69, 9.17) is 0 Å². The molecule has 0 N–H and O–H groups in total. The van der Waals surface area contributed by atoms with Gasteiger partial charge in [-0.3, -0.25) is 0 Å². The molecule has 0 fully saturated rings. The monoisotopic (exact) mass is 400 g/mol. The predicted octanol–water partition coefficient (Wildman–Crippen LogP) is 5.15. The lowest BCUT2D eigenvalue weighted by Crippen LogP contribution is -2.32. The molecule has 10 heteroatoms. The summed E-state index contributed by atoms with van der Waals surface area (Å²) >= 11 is 0. The van der Waals surface area contributed by atoms with Crippen molar-refractivity contribution >= 4 is 10.1 Å². The summed E-state index contributed by atoms with van der Waals surface area (Å²) in [5.41, 5.74) is -5.35. The van der Waals surface area contributed by atoms with E-state index in [1.54, 1.807) is 0 Å². The number of halogens is 6. The number of rotatable bonds is 3. The quantitative estimate of drug-likeness (QED) is 0.407. The van der Waals surface area contributed by atoms with E-state index < -0.39 is 33.5 Å². The highest BCUT2D eigenvalue weighted by Crippen LogP contribution is 2.39. The molecule has 0 amide bonds. The van der Waals surface area contributed by atoms with Gasteiger partial charge in [0.2, 0.25) is 0 Å². The Bertz CT molecular complexity index is 771. The second-order valence-corrected chi connectivity index (χ2v) is 6.55. The van der Waals surface area contributed by atoms with E-state index in [0.29, 0.717) is 0 Å². The zero-order chi connectivity index (χ0) is 20.0. The number of hydrogen-bond donors (Lipinski definition) is 0. The number of alkyl halides is 6. The molecule has 1 atom stereocenters. The van der Waals surface area contributed by atoms with Crippen molar-refractivity contribution in [3.05, 3.63) is 71.8 Å². The summed E-state index contributed by atoms with van der Waals surface area (Å²) < 4.78 is 98.3. The molecule has 26 heavy (non-hydrogen) atoms. The topological polar surface area (TPSA) is 43.4 Å². The van der Waals surface area contributed by atoms with Gasteiger partial charge in [-0.05, 0) is 12.5 Å². The highest BCUT2D eigenvalue weighted by atomic mass is 32.2. The molecular formula is C16H14F6O3S. The highest BCUT2D eigenvalue weighted by Gasteiger charge is 2.53. The van der Waals surface area contributed by atoms with Crippen LogP contribution in [0.25, 0.3) is 0 Å². The van der Waals surface area contributed by atoms with Gasteiger partial charge in [0.15, 0.2) is 6.10 Å². The zero-order valence-corrected chi connectivity index (χ0v) is 14.1. The molecule has 0 aliphatic rings. The van der Waals surface area contributed by atoms with E-state index >= 15 is 0 Å². The molecule has 0 spiro atoms. The van der Waals surface area contributed by atoms with Crippen molar-refractivity contribution in [3.63, 3.8) is 0 Å². The van der Waals surface area contributed by atoms with Crippen molar-refractivity contribution in [2.45, 2.75) is 24.7 Å². The van der Waals surface area contributed by atoms with Crippen molar-refractivity contribution in [2.24, 2.45) is 0 Å². The van der Waals surface area contributed by atoms with Crippen LogP contribution in [0, 0.1) is 6.92 Å². The Labute approximate surface area is 146 Å². The minimum atomic E-state index is -6.35. The van der Waals surface area contributed by atoms with E-state index in [0.717, 1.165) is 24.3 Å². The number of benzene rings is 2. The van der Waals surface area contributed by atoms with Crippen LogP contribution in [0.1, 0.15) is 17.2 Å². The van der Waals surface area contributed by atoms with E-state index in [-0.39, 0.29) is 0 Å². The van der Waals surface area contributed by atoms with Crippen LogP contribution in [0.3, 0.4) is 0 Å². The SMILES string of the molecule is Cc1ccccc1.O=S(=O)(OC(c1ccccc1)C(F)(F)F)C(F)(F)F. The number of aryl methyl sites for hydroxylation is 1. The van der Waals surface area contributed by atoms with Gasteiger partial charge in [-0.1, -0.05) is 66.2 Å². The molecule has 2 aromatic rings. The normalized spacial score (nSPS) is 13.5. The van der Waals surface area contributed by atoms with Gasteiger partial charge in [-0.15, -0.1) is 0 Å². The van der Waals surface area contributed by atoms with E-state index in [2.05, 4.69) is 23.2 Å². The first-order valence-corrected chi connectivity index (χ1v) is 8.38. The van der Waals surface area contributed by atoms with Crippen molar-refractivity contribution in [1.29, 1.82) is 0 Å². The molecule has 0 aromatic heterocycles. The third kappa shape index (κ3) is 6.68. The largest absolute Gasteiger partial charge is 0.523 e. The first-order chi connectivity index (χ1) is 11.8. The molecule has 0 heterocycles. The van der Waals surface area contributed by atoms with Crippen LogP contribution in [-0.2, 0) is 14.3 Å². The van der Waals surface area contributed by atoms with Gasteiger partial charge in [0.05, 0.1) is 0 Å². The Kier molecular flexibility index (Phi) is 7.22. The maximum Gasteiger partial charge on any atom is 0.523 e. The summed E-state index contributed by atoms with van der Waals surface area (Å²) in [6.07, 6.45) is -8.51. The molecule has 0 bridgehead atoms. The third-order valence-electron chi connectivity index (χ3n) is 2.85. The van der Waals surface area contributed by atoms with Gasteiger partial charge < -0.3 is 0 Å². The molecule has 2 aromatic carbocycles. The zero-order valence-electron chi connectivity index (χ0n) is 13.3. The Hall–Kier alpha value is -2.07. The molecule has 2 rings (SSSR count). The Morgan fingerprint density at radius 2 is 1.23 bits per heavy atom. The van der Waals surface area contributed by atoms with Crippen LogP contribution in [0.4, 0.5) is 26.3 Å². The van der Waals surface area contributed by atoms with Gasteiger partial charge in [-0.25, -0.2) is 4.18 Å². The third-order valence-corrected chi connectivity index (χ3v) is 3.86. The summed E-state index contributed by atoms with van der Waals surface area (Å²) in [5, 5.41) is 0. The van der Waals surface area contributed by atoms with Crippen molar-refractivity contribution < 1.29 is 38.9 Å². The molecule has 0 aliphatic heterocycles. The highest BCUT2D eigenvalue weighted by molar-refractivity contribution is 7.87. The van der Waals surface area contributed by atoms with Gasteiger partial charge >= 0.3 is 21.8 Å². The van der Waals surface area contributed by atoms with Crippen LogP contribution >= 0.6 is 0 Å². The molecule has 0 radical (unpaired) electrons. The van der Waals surface area contributed by atoms with Crippen LogP contribution in [-0.4, -0.2) is 20.1 Å². The summed E-state index contributed by atoms with van der Waals surface area (Å²) in [4.78, 5) is 0. The van der Waals surface area contributed by atoms with Gasteiger partial charge in [-0.2, -0.15) is 34.8 Å². The first kappa shape index (κ1) is 22.0. The maximum atomic E-state index is 12.6. The second-order valence-electron chi connectivity index (χ2n) is 4.98. The van der Waals surface area contributed by atoms with Crippen molar-refractivity contribution in [1.82, 2.24) is 0 Å². The first-order valence-electron chi connectivity index (χ1n) is 6.97. The summed E-state index contributed by atoms with van der Waals surface area (Å²) in [6, 6.07) is 15.4. The predicted molar refractivity (Wildman–Crippen MR) is 82.5 cm³/mol. The van der Waals surface area contributed by atoms with E-state index in [1.807, 2.05) is 18.2 Å². The Balaban J connectivity index is 0.000000401. The van der Waals surface area contributed by atoms with Crippen LogP contribution in [0.15, 0.2) is 60.7 Å². The fourth-order valence-electron chi connectivity index (χ4n) is 1.64. The smallest absolute Gasteiger partial charge is 0.245 e. The minimum absolute atomic E-state index is 0.747. The number of hydrogen-bond acceptors (Lipinski definition) is 3. The fraction of sp³-hybridized carbons (Fsp3) is 0.250. The minimum Gasteiger partial charge on any atom is -0.245 e. The molecule has 144 valence electrons. The molecule has 3 nitrogen and oxygen atoms in total. The molecular weight excluding hydrogens is 386 g/mol. The van der Waals surface area contributed by atoms with E-state index in [9.17, 15) is 34.8 Å². The van der Waals surface area contributed by atoms with Crippen LogP contribution < -0.4 is 0 Å². The average molecular weight is 400 g/mol. The van der Waals surface area contributed by atoms with Crippen LogP contribution in [0.5, 0.6) is 0 Å². The maximum absolute atomic E-state index is 12.6. The molecule has 0 saturated heterocycles. The lowest BCUT2D eigenvalue weighted by molar-refractivity contribution is -0.200. The fourth-order valence-corrected chi connectivity index (χ4v) is 2.23. The van der Waals surface area contributed by atoms with Crippen molar-refractivity contribution in [2.75, 3.05) is 0 Å². The summed E-state index contributed by atoms with van der Waals surface area (Å²) in [7, 11) is -6.35. The average Bonchev–Trinajstić information content (AvgIpc) is 2.53. The molecule has 1 unspecified atom stereocenters. The van der Waals surface area contributed by atoms with Gasteiger partial charge in [0, 0.05) is 0 Å². The molecule has 0 saturated carbocycles. The van der Waals surface area contributed by atoms with Crippen LogP contribution in [0.2, 0.25) is 0 Å². The summed E-state index contributed by atoms with van der Waals surface area (Å²) in [6.45, 7) is 2.08. The van der Waals surface area contributed by atoms with Gasteiger partial charge in [0.25, 0.3) is 0 Å². The lowest BCUT2D eigenvalue weighted by atomic mass is 10.1. The summed E-state index contributed by atoms with van der Waals surface area (Å²) in [5.74, 6) is 0. The Morgan fingerprint density at radius 3 is 1.54 bits per heavy atom.